The van der Waals surface area contributed by atoms with Crippen LogP contribution in [0.3, 0.4) is 0 Å². The molecule has 0 bridgehead atoms. The molecule has 0 spiro atoms. The maximum Gasteiger partial charge on any atom is 0.221 e. The molecule has 0 radical (unpaired) electrons. The van der Waals surface area contributed by atoms with Crippen LogP contribution in [0.25, 0.3) is 0 Å². The molecule has 2 aromatic carbocycles. The monoisotopic (exact) mass is 353 g/mol. The molecule has 0 aliphatic heterocycles. The van der Waals surface area contributed by atoms with E-state index in [1.807, 2.05) is 36.4 Å². The Hall–Kier alpha value is -2.29. The second-order valence-electron chi connectivity index (χ2n) is 6.80. The van der Waals surface area contributed by atoms with Crippen LogP contribution in [-0.2, 0) is 17.8 Å². The average molecular weight is 354 g/mol. The van der Waals surface area contributed by atoms with Crippen LogP contribution < -0.4 is 10.1 Å². The van der Waals surface area contributed by atoms with Gasteiger partial charge in [0.1, 0.15) is 12.4 Å². The zero-order chi connectivity index (χ0) is 18.6. The summed E-state index contributed by atoms with van der Waals surface area (Å²) in [6, 6.07) is 16.1. The molecule has 1 amide bonds. The number of carbonyl (C=O) groups excluding carboxylic acids is 1. The van der Waals surface area contributed by atoms with Crippen molar-refractivity contribution in [3.05, 3.63) is 59.7 Å². The number of rotatable bonds is 11. The van der Waals surface area contributed by atoms with E-state index in [0.717, 1.165) is 29.8 Å². The lowest BCUT2D eigenvalue weighted by Gasteiger charge is -2.14. The van der Waals surface area contributed by atoms with Gasteiger partial charge in [-0.25, -0.2) is 0 Å². The van der Waals surface area contributed by atoms with Crippen molar-refractivity contribution < 1.29 is 9.53 Å². The molecule has 140 valence electrons. The van der Waals surface area contributed by atoms with E-state index < -0.39 is 0 Å². The number of ether oxygens (including phenoxy) is 1. The summed E-state index contributed by atoms with van der Waals surface area (Å²) in [4.78, 5) is 11.3. The van der Waals surface area contributed by atoms with Crippen LogP contribution in [0.5, 0.6) is 5.75 Å². The average Bonchev–Trinajstić information content (AvgIpc) is 2.64. The Bertz CT molecular complexity index is 667. The van der Waals surface area contributed by atoms with Crippen LogP contribution in [0.1, 0.15) is 63.5 Å². The first-order valence-electron chi connectivity index (χ1n) is 9.76. The highest BCUT2D eigenvalue weighted by molar-refractivity contribution is 5.88. The van der Waals surface area contributed by atoms with Gasteiger partial charge in [0.2, 0.25) is 5.91 Å². The van der Waals surface area contributed by atoms with Gasteiger partial charge in [-0.1, -0.05) is 69.4 Å². The number of unbranched alkanes of at least 4 members (excludes halogenated alkanes) is 5. The zero-order valence-electron chi connectivity index (χ0n) is 16.1. The van der Waals surface area contributed by atoms with Crippen molar-refractivity contribution in [2.45, 2.75) is 65.4 Å². The lowest BCUT2D eigenvalue weighted by Crippen LogP contribution is -2.07. The molecule has 0 unspecified atom stereocenters. The molecule has 0 atom stereocenters. The highest BCUT2D eigenvalue weighted by Gasteiger charge is 2.07. The minimum atomic E-state index is -0.0477. The number of aryl methyl sites for hydroxylation is 1. The maximum absolute atomic E-state index is 11.3. The van der Waals surface area contributed by atoms with E-state index in [1.54, 1.807) is 0 Å². The van der Waals surface area contributed by atoms with E-state index in [9.17, 15) is 4.79 Å². The van der Waals surface area contributed by atoms with Gasteiger partial charge < -0.3 is 10.1 Å². The molecule has 0 fully saturated rings. The van der Waals surface area contributed by atoms with Crippen molar-refractivity contribution in [3.8, 4) is 5.75 Å². The Kier molecular flexibility index (Phi) is 8.74. The lowest BCUT2D eigenvalue weighted by atomic mass is 10.0. The number of hydrogen-bond donors (Lipinski definition) is 1. The van der Waals surface area contributed by atoms with Crippen LogP contribution >= 0.6 is 0 Å². The van der Waals surface area contributed by atoms with Gasteiger partial charge in [0.05, 0.1) is 0 Å². The first kappa shape index (κ1) is 20.0. The van der Waals surface area contributed by atoms with E-state index in [1.165, 1.54) is 44.6 Å². The largest absolute Gasteiger partial charge is 0.489 e. The predicted octanol–water partition coefficient (Wildman–Crippen LogP) is 6.13. The number of benzene rings is 2. The maximum atomic E-state index is 11.3. The fourth-order valence-electron chi connectivity index (χ4n) is 3.03. The Morgan fingerprint density at radius 3 is 2.42 bits per heavy atom. The third kappa shape index (κ3) is 7.30. The Labute approximate surface area is 157 Å². The molecule has 0 saturated heterocycles. The van der Waals surface area contributed by atoms with Gasteiger partial charge in [-0.15, -0.1) is 0 Å². The first-order valence-corrected chi connectivity index (χ1v) is 9.76. The highest BCUT2D eigenvalue weighted by atomic mass is 16.5. The summed E-state index contributed by atoms with van der Waals surface area (Å²) in [6.07, 6.45) is 8.57. The Balaban J connectivity index is 1.98. The minimum absolute atomic E-state index is 0.0477. The van der Waals surface area contributed by atoms with Crippen molar-refractivity contribution in [3.63, 3.8) is 0 Å². The molecule has 0 aromatic heterocycles. The molecule has 3 heteroatoms. The summed E-state index contributed by atoms with van der Waals surface area (Å²) >= 11 is 0. The summed E-state index contributed by atoms with van der Waals surface area (Å²) < 4.78 is 6.07. The van der Waals surface area contributed by atoms with Gasteiger partial charge >= 0.3 is 0 Å². The number of amides is 1. The van der Waals surface area contributed by atoms with Crippen LogP contribution in [0.4, 0.5) is 5.69 Å². The van der Waals surface area contributed by atoms with Gasteiger partial charge in [0.15, 0.2) is 0 Å². The van der Waals surface area contributed by atoms with Crippen LogP contribution in [-0.4, -0.2) is 5.91 Å². The molecule has 0 saturated carbocycles. The molecule has 0 aliphatic carbocycles. The van der Waals surface area contributed by atoms with Crippen LogP contribution in [0.2, 0.25) is 0 Å². The number of hydrogen-bond acceptors (Lipinski definition) is 2. The van der Waals surface area contributed by atoms with Crippen molar-refractivity contribution in [2.75, 3.05) is 5.32 Å². The molecular formula is C23H31NO2. The van der Waals surface area contributed by atoms with Gasteiger partial charge in [0, 0.05) is 12.6 Å². The molecular weight excluding hydrogens is 322 g/mol. The van der Waals surface area contributed by atoms with Crippen LogP contribution in [0, 0.1) is 0 Å². The Morgan fingerprint density at radius 1 is 0.962 bits per heavy atom. The minimum Gasteiger partial charge on any atom is -0.489 e. The SMILES string of the molecule is CCCCCCCCc1cc(NC(C)=O)ccc1OCc1ccccc1. The van der Waals surface area contributed by atoms with Gasteiger partial charge in [-0.2, -0.15) is 0 Å². The van der Waals surface area contributed by atoms with Gasteiger partial charge in [-0.3, -0.25) is 4.79 Å². The normalized spacial score (nSPS) is 10.5. The van der Waals surface area contributed by atoms with E-state index in [2.05, 4.69) is 24.4 Å². The lowest BCUT2D eigenvalue weighted by molar-refractivity contribution is -0.114. The standard InChI is InChI=1S/C23H31NO2/c1-3-4-5-6-7-11-14-21-17-22(24-19(2)25)15-16-23(21)26-18-20-12-9-8-10-13-20/h8-10,12-13,15-17H,3-7,11,14,18H2,1-2H3,(H,24,25). The molecule has 2 rings (SSSR count). The predicted molar refractivity (Wildman–Crippen MR) is 109 cm³/mol. The molecule has 26 heavy (non-hydrogen) atoms. The summed E-state index contributed by atoms with van der Waals surface area (Å²) in [7, 11) is 0. The summed E-state index contributed by atoms with van der Waals surface area (Å²) in [5.74, 6) is 0.866. The second-order valence-corrected chi connectivity index (χ2v) is 6.80. The van der Waals surface area contributed by atoms with E-state index in [4.69, 9.17) is 4.74 Å². The number of nitrogens with one attached hydrogen (secondary N) is 1. The van der Waals surface area contributed by atoms with Gasteiger partial charge in [-0.05, 0) is 42.2 Å². The highest BCUT2D eigenvalue weighted by Crippen LogP contribution is 2.26. The number of carbonyl (C=O) groups is 1. The molecule has 0 heterocycles. The first-order chi connectivity index (χ1) is 12.7. The topological polar surface area (TPSA) is 38.3 Å². The Morgan fingerprint density at radius 2 is 1.69 bits per heavy atom. The summed E-state index contributed by atoms with van der Waals surface area (Å²) in [5.41, 5.74) is 3.16. The summed E-state index contributed by atoms with van der Waals surface area (Å²) in [5, 5.41) is 2.87. The molecule has 1 N–H and O–H groups in total. The third-order valence-corrected chi connectivity index (χ3v) is 4.42. The smallest absolute Gasteiger partial charge is 0.221 e. The fourth-order valence-corrected chi connectivity index (χ4v) is 3.03. The van der Waals surface area contributed by atoms with E-state index in [-0.39, 0.29) is 5.91 Å². The van der Waals surface area contributed by atoms with Crippen molar-refractivity contribution in [1.82, 2.24) is 0 Å². The molecule has 2 aromatic rings. The second kappa shape index (κ2) is 11.3. The van der Waals surface area contributed by atoms with Crippen molar-refractivity contribution in [2.24, 2.45) is 0 Å². The van der Waals surface area contributed by atoms with Crippen molar-refractivity contribution in [1.29, 1.82) is 0 Å². The quantitative estimate of drug-likeness (QED) is 0.494. The zero-order valence-corrected chi connectivity index (χ0v) is 16.1. The van der Waals surface area contributed by atoms with E-state index in [0.29, 0.717) is 6.61 Å². The third-order valence-electron chi connectivity index (χ3n) is 4.42. The van der Waals surface area contributed by atoms with Gasteiger partial charge in [0.25, 0.3) is 0 Å². The van der Waals surface area contributed by atoms with E-state index >= 15 is 0 Å². The number of anilines is 1. The fraction of sp³-hybridized carbons (Fsp3) is 0.435. The van der Waals surface area contributed by atoms with Crippen molar-refractivity contribution >= 4 is 11.6 Å². The van der Waals surface area contributed by atoms with Crippen LogP contribution in [0.15, 0.2) is 48.5 Å². The summed E-state index contributed by atoms with van der Waals surface area (Å²) in [6.45, 7) is 4.33. The molecule has 3 nitrogen and oxygen atoms in total. The molecule has 0 aliphatic rings.